The number of ether oxygens (including phenoxy) is 1. The van der Waals surface area contributed by atoms with Crippen LogP contribution in [0.25, 0.3) is 0 Å². The van der Waals surface area contributed by atoms with E-state index < -0.39 is 0 Å². The second-order valence-corrected chi connectivity index (χ2v) is 3.97. The van der Waals surface area contributed by atoms with Crippen molar-refractivity contribution >= 4 is 0 Å². The van der Waals surface area contributed by atoms with Crippen LogP contribution in [0.1, 0.15) is 5.56 Å². The van der Waals surface area contributed by atoms with E-state index in [1.165, 1.54) is 12.0 Å². The molecule has 1 aliphatic heterocycles. The van der Waals surface area contributed by atoms with Gasteiger partial charge in [0, 0.05) is 0 Å². The number of benzene rings is 1. The van der Waals surface area contributed by atoms with Gasteiger partial charge in [-0.15, -0.1) is 0 Å². The lowest BCUT2D eigenvalue weighted by Crippen LogP contribution is -2.43. The van der Waals surface area contributed by atoms with E-state index >= 15 is 0 Å². The minimum atomic E-state index is 0.575. The highest BCUT2D eigenvalue weighted by Crippen LogP contribution is 2.16. The van der Waals surface area contributed by atoms with Gasteiger partial charge in [0.1, 0.15) is 12.4 Å². The average molecular weight is 203 g/mol. The van der Waals surface area contributed by atoms with E-state index in [1.54, 1.807) is 6.08 Å². The second-order valence-electron chi connectivity index (χ2n) is 3.97. The van der Waals surface area contributed by atoms with Crippen molar-refractivity contribution < 1.29 is 4.74 Å². The topological polar surface area (TPSA) is 21.3 Å². The molecule has 0 spiro atoms. The van der Waals surface area contributed by atoms with E-state index in [9.17, 15) is 0 Å². The van der Waals surface area contributed by atoms with E-state index in [2.05, 4.69) is 24.0 Å². The molecule has 0 atom stereocenters. The molecule has 1 N–H and O–H groups in total. The molecular weight excluding hydrogens is 186 g/mol. The fraction of sp³-hybridized carbons (Fsp3) is 0.385. The van der Waals surface area contributed by atoms with Crippen LogP contribution in [0.15, 0.2) is 36.9 Å². The highest BCUT2D eigenvalue weighted by Gasteiger charge is 2.16. The molecule has 2 heteroatoms. The molecule has 0 bridgehead atoms. The fourth-order valence-electron chi connectivity index (χ4n) is 1.70. The summed E-state index contributed by atoms with van der Waals surface area (Å²) in [5.74, 6) is 1.75. The molecule has 0 aromatic heterocycles. The Labute approximate surface area is 91.0 Å². The molecule has 1 saturated heterocycles. The highest BCUT2D eigenvalue weighted by molar-refractivity contribution is 5.27. The maximum Gasteiger partial charge on any atom is 0.119 e. The standard InChI is InChI=1S/C13H17NO/c1-2-7-15-13-5-3-11(4-6-13)8-12-9-14-10-12/h2-6,12,14H,1,7-10H2. The molecule has 1 aliphatic rings. The van der Waals surface area contributed by atoms with Gasteiger partial charge >= 0.3 is 0 Å². The van der Waals surface area contributed by atoms with Crippen LogP contribution >= 0.6 is 0 Å². The molecule has 1 heterocycles. The van der Waals surface area contributed by atoms with Crippen LogP contribution in [0.3, 0.4) is 0 Å². The summed E-state index contributed by atoms with van der Waals surface area (Å²) in [7, 11) is 0. The van der Waals surface area contributed by atoms with Crippen molar-refractivity contribution in [3.8, 4) is 5.75 Å². The van der Waals surface area contributed by atoms with Gasteiger partial charge in [-0.2, -0.15) is 0 Å². The third kappa shape index (κ3) is 2.83. The molecule has 2 rings (SSSR count). The predicted octanol–water partition coefficient (Wildman–Crippen LogP) is 2.01. The van der Waals surface area contributed by atoms with E-state index in [-0.39, 0.29) is 0 Å². The number of rotatable bonds is 5. The zero-order chi connectivity index (χ0) is 10.5. The summed E-state index contributed by atoms with van der Waals surface area (Å²) >= 11 is 0. The molecule has 1 fully saturated rings. The zero-order valence-corrected chi connectivity index (χ0v) is 8.91. The van der Waals surface area contributed by atoms with Gasteiger partial charge in [-0.3, -0.25) is 0 Å². The van der Waals surface area contributed by atoms with Gasteiger partial charge in [0.2, 0.25) is 0 Å². The summed E-state index contributed by atoms with van der Waals surface area (Å²) in [6.45, 7) is 6.52. The van der Waals surface area contributed by atoms with Crippen LogP contribution in [0.2, 0.25) is 0 Å². The first-order valence-electron chi connectivity index (χ1n) is 5.42. The Morgan fingerprint density at radius 2 is 2.07 bits per heavy atom. The monoisotopic (exact) mass is 203 g/mol. The minimum Gasteiger partial charge on any atom is -0.490 e. The number of hydrogen-bond donors (Lipinski definition) is 1. The van der Waals surface area contributed by atoms with Crippen LogP contribution < -0.4 is 10.1 Å². The second kappa shape index (κ2) is 4.99. The lowest BCUT2D eigenvalue weighted by molar-refractivity contribution is 0.345. The summed E-state index contributed by atoms with van der Waals surface area (Å²) in [6, 6.07) is 8.36. The molecule has 0 saturated carbocycles. The summed E-state index contributed by atoms with van der Waals surface area (Å²) in [5, 5.41) is 3.28. The molecular formula is C13H17NO. The van der Waals surface area contributed by atoms with Crippen LogP contribution in [0.5, 0.6) is 5.75 Å². The van der Waals surface area contributed by atoms with Gasteiger partial charge in [-0.05, 0) is 43.1 Å². The summed E-state index contributed by atoms with van der Waals surface area (Å²) in [5.41, 5.74) is 1.40. The van der Waals surface area contributed by atoms with Crippen molar-refractivity contribution in [1.82, 2.24) is 5.32 Å². The van der Waals surface area contributed by atoms with Gasteiger partial charge in [0.15, 0.2) is 0 Å². The van der Waals surface area contributed by atoms with Gasteiger partial charge in [-0.1, -0.05) is 24.8 Å². The largest absolute Gasteiger partial charge is 0.490 e. The maximum absolute atomic E-state index is 5.43. The van der Waals surface area contributed by atoms with E-state index in [4.69, 9.17) is 4.74 Å². The van der Waals surface area contributed by atoms with Crippen molar-refractivity contribution in [1.29, 1.82) is 0 Å². The predicted molar refractivity (Wildman–Crippen MR) is 62.2 cm³/mol. The minimum absolute atomic E-state index is 0.575. The Kier molecular flexibility index (Phi) is 3.41. The third-order valence-corrected chi connectivity index (χ3v) is 2.68. The van der Waals surface area contributed by atoms with Gasteiger partial charge < -0.3 is 10.1 Å². The molecule has 15 heavy (non-hydrogen) atoms. The van der Waals surface area contributed by atoms with Crippen LogP contribution in [-0.4, -0.2) is 19.7 Å². The normalized spacial score (nSPS) is 15.7. The first-order chi connectivity index (χ1) is 7.38. The molecule has 0 radical (unpaired) electrons. The Bertz CT molecular complexity index is 314. The van der Waals surface area contributed by atoms with Crippen molar-refractivity contribution in [2.45, 2.75) is 6.42 Å². The first-order valence-corrected chi connectivity index (χ1v) is 5.42. The highest BCUT2D eigenvalue weighted by atomic mass is 16.5. The molecule has 0 unspecified atom stereocenters. The van der Waals surface area contributed by atoms with E-state index in [0.29, 0.717) is 6.61 Å². The van der Waals surface area contributed by atoms with Gasteiger partial charge in [0.25, 0.3) is 0 Å². The van der Waals surface area contributed by atoms with Crippen molar-refractivity contribution in [3.05, 3.63) is 42.5 Å². The van der Waals surface area contributed by atoms with E-state index in [1.807, 2.05) is 12.1 Å². The molecule has 1 aromatic carbocycles. The molecule has 80 valence electrons. The SMILES string of the molecule is C=CCOc1ccc(CC2CNC2)cc1. The Balaban J connectivity index is 1.87. The Morgan fingerprint density at radius 3 is 2.60 bits per heavy atom. The van der Waals surface area contributed by atoms with Crippen molar-refractivity contribution in [2.75, 3.05) is 19.7 Å². The van der Waals surface area contributed by atoms with Gasteiger partial charge in [-0.25, -0.2) is 0 Å². The van der Waals surface area contributed by atoms with Crippen LogP contribution in [0, 0.1) is 5.92 Å². The first kappa shape index (κ1) is 10.2. The van der Waals surface area contributed by atoms with E-state index in [0.717, 1.165) is 24.8 Å². The van der Waals surface area contributed by atoms with Crippen LogP contribution in [0.4, 0.5) is 0 Å². The van der Waals surface area contributed by atoms with Crippen molar-refractivity contribution in [3.63, 3.8) is 0 Å². The Morgan fingerprint density at radius 1 is 1.33 bits per heavy atom. The zero-order valence-electron chi connectivity index (χ0n) is 8.91. The van der Waals surface area contributed by atoms with Crippen molar-refractivity contribution in [2.24, 2.45) is 5.92 Å². The summed E-state index contributed by atoms with van der Waals surface area (Å²) < 4.78 is 5.43. The quantitative estimate of drug-likeness (QED) is 0.739. The fourth-order valence-corrected chi connectivity index (χ4v) is 1.70. The summed E-state index contributed by atoms with van der Waals surface area (Å²) in [4.78, 5) is 0. The lowest BCUT2D eigenvalue weighted by atomic mass is 9.94. The lowest BCUT2D eigenvalue weighted by Gasteiger charge is -2.27. The molecule has 0 amide bonds. The number of nitrogens with one attached hydrogen (secondary N) is 1. The molecule has 1 aromatic rings. The van der Waals surface area contributed by atoms with Crippen LogP contribution in [-0.2, 0) is 6.42 Å². The average Bonchev–Trinajstić information content (AvgIpc) is 2.22. The number of hydrogen-bond acceptors (Lipinski definition) is 2. The van der Waals surface area contributed by atoms with Gasteiger partial charge in [0.05, 0.1) is 0 Å². The molecule has 2 nitrogen and oxygen atoms in total. The molecule has 0 aliphatic carbocycles. The third-order valence-electron chi connectivity index (χ3n) is 2.68. The maximum atomic E-state index is 5.43. The smallest absolute Gasteiger partial charge is 0.119 e. The Hall–Kier alpha value is -1.28. The summed E-state index contributed by atoms with van der Waals surface area (Å²) in [6.07, 6.45) is 2.93.